The van der Waals surface area contributed by atoms with E-state index < -0.39 is 0 Å². The molecule has 5 heteroatoms. The van der Waals surface area contributed by atoms with Crippen molar-refractivity contribution in [2.45, 2.75) is 33.2 Å². The van der Waals surface area contributed by atoms with Crippen molar-refractivity contribution < 1.29 is 4.79 Å². The second kappa shape index (κ2) is 5.86. The Balaban J connectivity index is 2.03. The van der Waals surface area contributed by atoms with E-state index >= 15 is 0 Å². The number of hydrogen-bond donors (Lipinski definition) is 1. The summed E-state index contributed by atoms with van der Waals surface area (Å²) in [6.07, 6.45) is 3.82. The monoisotopic (exact) mass is 272 g/mol. The van der Waals surface area contributed by atoms with Gasteiger partial charge in [0.15, 0.2) is 0 Å². The van der Waals surface area contributed by atoms with E-state index in [9.17, 15) is 4.79 Å². The minimum atomic E-state index is -0.0252. The zero-order valence-electron chi connectivity index (χ0n) is 12.3. The molecule has 0 fully saturated rings. The molecule has 20 heavy (non-hydrogen) atoms. The highest BCUT2D eigenvalue weighted by molar-refractivity contribution is 5.79. The van der Waals surface area contributed by atoms with E-state index in [0.717, 1.165) is 22.5 Å². The first-order valence-electron chi connectivity index (χ1n) is 6.67. The molecule has 2 aromatic heterocycles. The normalized spacial score (nSPS) is 12.2. The molecule has 0 aliphatic heterocycles. The van der Waals surface area contributed by atoms with Crippen molar-refractivity contribution in [3.05, 3.63) is 47.0 Å². The van der Waals surface area contributed by atoms with Crippen molar-refractivity contribution >= 4 is 5.91 Å². The fourth-order valence-electron chi connectivity index (χ4n) is 2.26. The second-order valence-corrected chi connectivity index (χ2v) is 5.02. The van der Waals surface area contributed by atoms with Crippen molar-refractivity contribution in [2.75, 3.05) is 0 Å². The van der Waals surface area contributed by atoms with E-state index in [1.54, 1.807) is 12.4 Å². The van der Waals surface area contributed by atoms with Crippen molar-refractivity contribution in [2.24, 2.45) is 7.05 Å². The fraction of sp³-hybridized carbons (Fsp3) is 0.400. The SMILES string of the molecule is Cc1nn(C)c(C)c1CC(=O)N[C@@H](C)c1ccncc1. The molecule has 0 spiro atoms. The number of amides is 1. The van der Waals surface area contributed by atoms with Gasteiger partial charge in [-0.05, 0) is 38.5 Å². The Morgan fingerprint density at radius 1 is 1.35 bits per heavy atom. The maximum Gasteiger partial charge on any atom is 0.225 e. The van der Waals surface area contributed by atoms with Crippen LogP contribution in [0.25, 0.3) is 0 Å². The lowest BCUT2D eigenvalue weighted by atomic mass is 10.1. The lowest BCUT2D eigenvalue weighted by Crippen LogP contribution is -2.28. The lowest BCUT2D eigenvalue weighted by Gasteiger charge is -2.14. The molecule has 0 saturated carbocycles. The predicted octanol–water partition coefficient (Wildman–Crippen LogP) is 1.85. The number of rotatable bonds is 4. The van der Waals surface area contributed by atoms with E-state index in [1.807, 2.05) is 44.6 Å². The standard InChI is InChI=1S/C15H20N4O/c1-10(13-5-7-16-8-6-13)17-15(20)9-14-11(2)18-19(4)12(14)3/h5-8,10H,9H2,1-4H3,(H,17,20)/t10-/m0/s1. The van der Waals surface area contributed by atoms with E-state index in [-0.39, 0.29) is 11.9 Å². The molecular weight excluding hydrogens is 252 g/mol. The van der Waals surface area contributed by atoms with E-state index in [0.29, 0.717) is 6.42 Å². The average molecular weight is 272 g/mol. The fourth-order valence-corrected chi connectivity index (χ4v) is 2.26. The smallest absolute Gasteiger partial charge is 0.225 e. The molecule has 0 aliphatic carbocycles. The number of aromatic nitrogens is 3. The highest BCUT2D eigenvalue weighted by Crippen LogP contribution is 2.14. The molecule has 5 nitrogen and oxygen atoms in total. The summed E-state index contributed by atoms with van der Waals surface area (Å²) in [5.74, 6) is 0.00788. The Morgan fingerprint density at radius 3 is 2.55 bits per heavy atom. The van der Waals surface area contributed by atoms with E-state index in [1.165, 1.54) is 0 Å². The van der Waals surface area contributed by atoms with Gasteiger partial charge >= 0.3 is 0 Å². The zero-order valence-corrected chi connectivity index (χ0v) is 12.3. The number of nitrogens with zero attached hydrogens (tertiary/aromatic N) is 3. The summed E-state index contributed by atoms with van der Waals surface area (Å²) in [7, 11) is 1.89. The molecule has 106 valence electrons. The molecule has 0 bridgehead atoms. The molecule has 1 N–H and O–H groups in total. The molecule has 0 radical (unpaired) electrons. The molecule has 0 aliphatic rings. The maximum atomic E-state index is 12.1. The summed E-state index contributed by atoms with van der Waals surface area (Å²) >= 11 is 0. The highest BCUT2D eigenvalue weighted by Gasteiger charge is 2.15. The third-order valence-corrected chi connectivity index (χ3v) is 3.58. The zero-order chi connectivity index (χ0) is 14.7. The van der Waals surface area contributed by atoms with Crippen molar-refractivity contribution in [1.82, 2.24) is 20.1 Å². The molecule has 2 aromatic rings. The van der Waals surface area contributed by atoms with Crippen LogP contribution in [0.15, 0.2) is 24.5 Å². The van der Waals surface area contributed by atoms with Gasteiger partial charge in [0.1, 0.15) is 0 Å². The van der Waals surface area contributed by atoms with Crippen LogP contribution in [0.4, 0.5) is 0 Å². The van der Waals surface area contributed by atoms with Crippen LogP contribution in [0.5, 0.6) is 0 Å². The number of aryl methyl sites for hydroxylation is 2. The van der Waals surface area contributed by atoms with Gasteiger partial charge in [-0.15, -0.1) is 0 Å². The molecule has 0 saturated heterocycles. The summed E-state index contributed by atoms with van der Waals surface area (Å²) in [5, 5.41) is 7.33. The molecule has 1 atom stereocenters. The van der Waals surface area contributed by atoms with Gasteiger partial charge in [-0.3, -0.25) is 14.5 Å². The minimum absolute atomic E-state index is 0.00788. The van der Waals surface area contributed by atoms with Crippen LogP contribution in [-0.2, 0) is 18.3 Å². The number of carbonyl (C=O) groups excluding carboxylic acids is 1. The topological polar surface area (TPSA) is 59.8 Å². The van der Waals surface area contributed by atoms with Crippen LogP contribution in [0, 0.1) is 13.8 Å². The quantitative estimate of drug-likeness (QED) is 0.924. The number of nitrogens with one attached hydrogen (secondary N) is 1. The Morgan fingerprint density at radius 2 is 2.00 bits per heavy atom. The van der Waals surface area contributed by atoms with Gasteiger partial charge in [0.25, 0.3) is 0 Å². The third kappa shape index (κ3) is 3.04. The lowest BCUT2D eigenvalue weighted by molar-refractivity contribution is -0.121. The van der Waals surface area contributed by atoms with Crippen LogP contribution in [-0.4, -0.2) is 20.7 Å². The first-order valence-corrected chi connectivity index (χ1v) is 6.67. The van der Waals surface area contributed by atoms with Crippen LogP contribution < -0.4 is 5.32 Å². The molecular formula is C15H20N4O. The largest absolute Gasteiger partial charge is 0.349 e. The Kier molecular flexibility index (Phi) is 4.17. The van der Waals surface area contributed by atoms with Gasteiger partial charge in [-0.1, -0.05) is 0 Å². The van der Waals surface area contributed by atoms with Gasteiger partial charge in [-0.2, -0.15) is 5.10 Å². The van der Waals surface area contributed by atoms with Gasteiger partial charge in [0, 0.05) is 30.7 Å². The molecule has 0 aromatic carbocycles. The summed E-state index contributed by atoms with van der Waals surface area (Å²) in [6.45, 7) is 5.88. The summed E-state index contributed by atoms with van der Waals surface area (Å²) in [4.78, 5) is 16.1. The Labute approximate surface area is 119 Å². The molecule has 2 rings (SSSR count). The van der Waals surface area contributed by atoms with Gasteiger partial charge in [0.05, 0.1) is 18.2 Å². The Hall–Kier alpha value is -2.17. The summed E-state index contributed by atoms with van der Waals surface area (Å²) in [6, 6.07) is 3.79. The minimum Gasteiger partial charge on any atom is -0.349 e. The van der Waals surface area contributed by atoms with E-state index in [4.69, 9.17) is 0 Å². The van der Waals surface area contributed by atoms with E-state index in [2.05, 4.69) is 15.4 Å². The van der Waals surface area contributed by atoms with Crippen molar-refractivity contribution in [3.63, 3.8) is 0 Å². The van der Waals surface area contributed by atoms with Crippen LogP contribution >= 0.6 is 0 Å². The predicted molar refractivity (Wildman–Crippen MR) is 77.2 cm³/mol. The second-order valence-electron chi connectivity index (χ2n) is 5.02. The third-order valence-electron chi connectivity index (χ3n) is 3.58. The van der Waals surface area contributed by atoms with Crippen LogP contribution in [0.1, 0.15) is 35.5 Å². The molecule has 0 unspecified atom stereocenters. The first-order chi connectivity index (χ1) is 9.49. The first kappa shape index (κ1) is 14.2. The van der Waals surface area contributed by atoms with Crippen LogP contribution in [0.2, 0.25) is 0 Å². The summed E-state index contributed by atoms with van der Waals surface area (Å²) < 4.78 is 1.81. The maximum absolute atomic E-state index is 12.1. The number of hydrogen-bond acceptors (Lipinski definition) is 3. The highest BCUT2D eigenvalue weighted by atomic mass is 16.1. The number of carbonyl (C=O) groups is 1. The Bertz CT molecular complexity index is 604. The van der Waals surface area contributed by atoms with Crippen molar-refractivity contribution in [3.8, 4) is 0 Å². The summed E-state index contributed by atoms with van der Waals surface area (Å²) in [5.41, 5.74) is 4.01. The molecule has 1 amide bonds. The van der Waals surface area contributed by atoms with Crippen LogP contribution in [0.3, 0.4) is 0 Å². The van der Waals surface area contributed by atoms with Gasteiger partial charge in [-0.25, -0.2) is 0 Å². The van der Waals surface area contributed by atoms with Gasteiger partial charge in [0.2, 0.25) is 5.91 Å². The van der Waals surface area contributed by atoms with Gasteiger partial charge < -0.3 is 5.32 Å². The average Bonchev–Trinajstić information content (AvgIpc) is 2.66. The molecule has 2 heterocycles. The van der Waals surface area contributed by atoms with Crippen molar-refractivity contribution in [1.29, 1.82) is 0 Å². The number of pyridine rings is 1.